The summed E-state index contributed by atoms with van der Waals surface area (Å²) in [6.45, 7) is 3.96. The molecular formula is C14H17NO. The minimum absolute atomic E-state index is 0.109. The Morgan fingerprint density at radius 3 is 2.31 bits per heavy atom. The fourth-order valence-corrected chi connectivity index (χ4v) is 1.55. The number of hydrogen-bond acceptors (Lipinski definition) is 1. The van der Waals surface area contributed by atoms with Crippen LogP contribution in [0.1, 0.15) is 37.0 Å². The number of nitrogens with one attached hydrogen (secondary N) is 1. The molecule has 0 saturated heterocycles. The fraction of sp³-hybridized carbons (Fsp3) is 0.357. The molecule has 0 aliphatic heterocycles. The lowest BCUT2D eigenvalue weighted by atomic mass is 9.93. The Hall–Kier alpha value is -1.75. The summed E-state index contributed by atoms with van der Waals surface area (Å²) in [4.78, 5) is 11.9. The monoisotopic (exact) mass is 215 g/mol. The van der Waals surface area contributed by atoms with E-state index in [4.69, 9.17) is 6.42 Å². The molecule has 2 nitrogen and oxygen atoms in total. The lowest BCUT2D eigenvalue weighted by Crippen LogP contribution is -2.46. The van der Waals surface area contributed by atoms with Gasteiger partial charge in [0.1, 0.15) is 5.54 Å². The first-order valence-electron chi connectivity index (χ1n) is 5.52. The summed E-state index contributed by atoms with van der Waals surface area (Å²) >= 11 is 0. The van der Waals surface area contributed by atoms with Gasteiger partial charge in [-0.1, -0.05) is 38.0 Å². The summed E-state index contributed by atoms with van der Waals surface area (Å²) < 4.78 is 0. The highest BCUT2D eigenvalue weighted by Crippen LogP contribution is 2.14. The molecule has 84 valence electrons. The van der Waals surface area contributed by atoms with E-state index in [0.29, 0.717) is 5.56 Å². The number of terminal acetylenes is 1. The second-order valence-corrected chi connectivity index (χ2v) is 3.75. The average molecular weight is 215 g/mol. The molecule has 0 bridgehead atoms. The van der Waals surface area contributed by atoms with Gasteiger partial charge in [0.15, 0.2) is 0 Å². The minimum atomic E-state index is -0.521. The highest BCUT2D eigenvalue weighted by molar-refractivity contribution is 5.94. The number of hydrogen-bond donors (Lipinski definition) is 1. The Balaban J connectivity index is 2.82. The van der Waals surface area contributed by atoms with Crippen molar-refractivity contribution in [2.24, 2.45) is 0 Å². The van der Waals surface area contributed by atoms with Gasteiger partial charge in [-0.05, 0) is 25.0 Å². The van der Waals surface area contributed by atoms with E-state index in [1.807, 2.05) is 32.0 Å². The Morgan fingerprint density at radius 1 is 1.31 bits per heavy atom. The fourth-order valence-electron chi connectivity index (χ4n) is 1.55. The van der Waals surface area contributed by atoms with Crippen LogP contribution in [0.25, 0.3) is 0 Å². The topological polar surface area (TPSA) is 29.1 Å². The number of rotatable bonds is 4. The summed E-state index contributed by atoms with van der Waals surface area (Å²) in [5.74, 6) is 2.57. The van der Waals surface area contributed by atoms with Gasteiger partial charge < -0.3 is 5.32 Å². The molecule has 0 unspecified atom stereocenters. The van der Waals surface area contributed by atoms with Crippen molar-refractivity contribution in [3.63, 3.8) is 0 Å². The maximum atomic E-state index is 11.9. The molecule has 0 aliphatic carbocycles. The van der Waals surface area contributed by atoms with E-state index in [0.717, 1.165) is 12.8 Å². The van der Waals surface area contributed by atoms with Gasteiger partial charge in [-0.25, -0.2) is 0 Å². The predicted molar refractivity (Wildman–Crippen MR) is 66.1 cm³/mol. The maximum Gasteiger partial charge on any atom is 0.252 e. The standard InChI is InChI=1S/C14H17NO/c1-4-14(5-2,6-3)15-13(16)12-10-8-7-9-11-12/h1,7-11H,5-6H2,2-3H3,(H,15,16). The van der Waals surface area contributed by atoms with E-state index in [1.165, 1.54) is 0 Å². The zero-order chi connectivity index (χ0) is 12.0. The molecule has 0 spiro atoms. The molecule has 0 heterocycles. The molecule has 1 amide bonds. The highest BCUT2D eigenvalue weighted by atomic mass is 16.1. The van der Waals surface area contributed by atoms with Gasteiger partial charge >= 0.3 is 0 Å². The minimum Gasteiger partial charge on any atom is -0.336 e. The van der Waals surface area contributed by atoms with Crippen LogP contribution in [0.5, 0.6) is 0 Å². The van der Waals surface area contributed by atoms with Gasteiger partial charge in [0.2, 0.25) is 0 Å². The number of benzene rings is 1. The number of carbonyl (C=O) groups is 1. The zero-order valence-electron chi connectivity index (χ0n) is 9.79. The lowest BCUT2D eigenvalue weighted by Gasteiger charge is -2.27. The predicted octanol–water partition coefficient (Wildman–Crippen LogP) is 2.61. The highest BCUT2D eigenvalue weighted by Gasteiger charge is 2.25. The van der Waals surface area contributed by atoms with Gasteiger partial charge in [0, 0.05) is 5.56 Å². The molecule has 0 radical (unpaired) electrons. The van der Waals surface area contributed by atoms with Crippen LogP contribution in [-0.4, -0.2) is 11.4 Å². The molecule has 0 atom stereocenters. The molecule has 1 aromatic rings. The van der Waals surface area contributed by atoms with Crippen molar-refractivity contribution in [1.82, 2.24) is 5.32 Å². The second-order valence-electron chi connectivity index (χ2n) is 3.75. The van der Waals surface area contributed by atoms with Gasteiger partial charge in [0.25, 0.3) is 5.91 Å². The molecule has 2 heteroatoms. The number of amides is 1. The third-order valence-electron chi connectivity index (χ3n) is 2.87. The van der Waals surface area contributed by atoms with E-state index < -0.39 is 5.54 Å². The second kappa shape index (κ2) is 5.37. The van der Waals surface area contributed by atoms with E-state index in [9.17, 15) is 4.79 Å². The normalized spacial score (nSPS) is 10.6. The first-order valence-corrected chi connectivity index (χ1v) is 5.52. The summed E-state index contributed by atoms with van der Waals surface area (Å²) in [5.41, 5.74) is 0.122. The van der Waals surface area contributed by atoms with Crippen LogP contribution in [0.4, 0.5) is 0 Å². The van der Waals surface area contributed by atoms with Crippen LogP contribution in [0.3, 0.4) is 0 Å². The van der Waals surface area contributed by atoms with Gasteiger partial charge in [-0.3, -0.25) is 4.79 Å². The van der Waals surface area contributed by atoms with E-state index in [1.54, 1.807) is 12.1 Å². The first kappa shape index (κ1) is 12.3. The van der Waals surface area contributed by atoms with Gasteiger partial charge in [-0.2, -0.15) is 0 Å². The van der Waals surface area contributed by atoms with Crippen molar-refractivity contribution in [1.29, 1.82) is 0 Å². The van der Waals surface area contributed by atoms with Crippen molar-refractivity contribution in [3.05, 3.63) is 35.9 Å². The summed E-state index contributed by atoms with van der Waals surface area (Å²) in [6, 6.07) is 9.11. The van der Waals surface area contributed by atoms with Crippen LogP contribution < -0.4 is 5.32 Å². The Bertz CT molecular complexity index is 385. The third-order valence-corrected chi connectivity index (χ3v) is 2.87. The molecule has 0 saturated carbocycles. The summed E-state index contributed by atoms with van der Waals surface area (Å²) in [5, 5.41) is 2.92. The lowest BCUT2D eigenvalue weighted by molar-refractivity contribution is 0.0916. The first-order chi connectivity index (χ1) is 7.67. The molecular weight excluding hydrogens is 198 g/mol. The van der Waals surface area contributed by atoms with Crippen LogP contribution in [0, 0.1) is 12.3 Å². The molecule has 0 aromatic heterocycles. The van der Waals surface area contributed by atoms with Gasteiger partial charge in [0.05, 0.1) is 0 Å². The van der Waals surface area contributed by atoms with Crippen LogP contribution >= 0.6 is 0 Å². The molecule has 0 aliphatic rings. The quantitative estimate of drug-likeness (QED) is 0.768. The third kappa shape index (κ3) is 2.64. The van der Waals surface area contributed by atoms with E-state index in [-0.39, 0.29) is 5.91 Å². The van der Waals surface area contributed by atoms with Crippen molar-refractivity contribution in [2.75, 3.05) is 0 Å². The molecule has 16 heavy (non-hydrogen) atoms. The van der Waals surface area contributed by atoms with Crippen LogP contribution in [-0.2, 0) is 0 Å². The Morgan fingerprint density at radius 2 is 1.88 bits per heavy atom. The van der Waals surface area contributed by atoms with E-state index >= 15 is 0 Å². The molecule has 1 aromatic carbocycles. The maximum absolute atomic E-state index is 11.9. The zero-order valence-corrected chi connectivity index (χ0v) is 9.79. The molecule has 1 N–H and O–H groups in total. The van der Waals surface area contributed by atoms with Crippen molar-refractivity contribution in [3.8, 4) is 12.3 Å². The summed E-state index contributed by atoms with van der Waals surface area (Å²) in [6.07, 6.45) is 6.96. The Labute approximate surface area is 97.1 Å². The van der Waals surface area contributed by atoms with Crippen molar-refractivity contribution >= 4 is 5.91 Å². The van der Waals surface area contributed by atoms with Crippen LogP contribution in [0.15, 0.2) is 30.3 Å². The van der Waals surface area contributed by atoms with Gasteiger partial charge in [-0.15, -0.1) is 6.42 Å². The van der Waals surface area contributed by atoms with Crippen LogP contribution in [0.2, 0.25) is 0 Å². The SMILES string of the molecule is C#CC(CC)(CC)NC(=O)c1ccccc1. The average Bonchev–Trinajstić information content (AvgIpc) is 2.37. The largest absolute Gasteiger partial charge is 0.336 e. The number of carbonyl (C=O) groups excluding carboxylic acids is 1. The smallest absolute Gasteiger partial charge is 0.252 e. The van der Waals surface area contributed by atoms with Crippen molar-refractivity contribution in [2.45, 2.75) is 32.2 Å². The Kier molecular flexibility index (Phi) is 4.13. The van der Waals surface area contributed by atoms with E-state index in [2.05, 4.69) is 11.2 Å². The van der Waals surface area contributed by atoms with Crippen molar-refractivity contribution < 1.29 is 4.79 Å². The summed E-state index contributed by atoms with van der Waals surface area (Å²) in [7, 11) is 0. The molecule has 0 fully saturated rings. The molecule has 1 rings (SSSR count).